The molecule has 3 aromatic rings. The Bertz CT molecular complexity index is 2560. The number of aromatic nitrogens is 1. The van der Waals surface area contributed by atoms with Gasteiger partial charge in [0.2, 0.25) is 35.4 Å². The zero-order chi connectivity index (χ0) is 55.2. The number of H-pyrrole nitrogens is 1. The van der Waals surface area contributed by atoms with Gasteiger partial charge in [0, 0.05) is 86.1 Å². The first-order valence-corrected chi connectivity index (χ1v) is 25.4. The van der Waals surface area contributed by atoms with E-state index >= 15 is 0 Å². The number of Topliss-reactive ketones (excluding diaryl/α,β-unsaturated/α-hetero) is 3. The van der Waals surface area contributed by atoms with E-state index in [2.05, 4.69) is 41.6 Å². The van der Waals surface area contributed by atoms with E-state index in [1.165, 1.54) is 13.8 Å². The van der Waals surface area contributed by atoms with E-state index < -0.39 is 102 Å². The monoisotopic (exact) mass is 1060 g/mol. The van der Waals surface area contributed by atoms with Crippen LogP contribution in [0.1, 0.15) is 102 Å². The van der Waals surface area contributed by atoms with Crippen molar-refractivity contribution in [3.8, 4) is 0 Å². The number of para-hydroxylation sites is 1. The molecule has 1 saturated heterocycles. The van der Waals surface area contributed by atoms with E-state index in [0.717, 1.165) is 10.9 Å². The van der Waals surface area contributed by atoms with Gasteiger partial charge in [-0.25, -0.2) is 0 Å². The van der Waals surface area contributed by atoms with E-state index in [9.17, 15) is 48.3 Å². The average molecular weight is 1060 g/mol. The molecule has 0 saturated carbocycles. The molecular weight excluding hydrogens is 990 g/mol. The van der Waals surface area contributed by atoms with Gasteiger partial charge in [0.25, 0.3) is 0 Å². The van der Waals surface area contributed by atoms with Crippen molar-refractivity contribution in [2.24, 2.45) is 50.5 Å². The number of aromatic amines is 1. The highest BCUT2D eigenvalue weighted by molar-refractivity contribution is 6.31. The van der Waals surface area contributed by atoms with Gasteiger partial charge in [-0.2, -0.15) is 0 Å². The molecule has 0 unspecified atom stereocenters. The quantitative estimate of drug-likeness (QED) is 0.0485. The number of amides is 6. The first-order chi connectivity index (χ1) is 35.6. The second-order valence-electron chi connectivity index (χ2n) is 18.9. The fraction of sp³-hybridized carbons (Fsp3) is 0.510. The zero-order valence-corrected chi connectivity index (χ0v) is 43.2. The largest absolute Gasteiger partial charge is 0.391 e. The van der Waals surface area contributed by atoms with Gasteiger partial charge >= 0.3 is 0 Å². The highest BCUT2D eigenvalue weighted by Gasteiger charge is 2.36. The van der Waals surface area contributed by atoms with Crippen LogP contribution in [-0.2, 0) is 56.0 Å². The number of rotatable bonds is 17. The molecule has 2 heterocycles. The van der Waals surface area contributed by atoms with Crippen LogP contribution in [0.5, 0.6) is 0 Å². The van der Waals surface area contributed by atoms with Gasteiger partial charge in [0.05, 0.1) is 12.1 Å². The van der Waals surface area contributed by atoms with E-state index in [1.54, 1.807) is 30.5 Å². The van der Waals surface area contributed by atoms with Crippen LogP contribution >= 0.6 is 11.6 Å². The molecule has 0 spiro atoms. The summed E-state index contributed by atoms with van der Waals surface area (Å²) in [5.74, 6) is -8.85. The number of fused-ring (bicyclic) bond motifs is 1. The number of benzene rings is 2. The smallest absolute Gasteiger partial charge is 0.245 e. The molecule has 1 aliphatic heterocycles. The molecule has 1 aliphatic rings. The number of aliphatic hydroxyl groups is 1. The number of ketones is 3. The molecule has 1 fully saturated rings. The molecule has 2 aromatic carbocycles. The minimum Gasteiger partial charge on any atom is -0.391 e. The highest BCUT2D eigenvalue weighted by atomic mass is 35.5. The van der Waals surface area contributed by atoms with Gasteiger partial charge in [0.1, 0.15) is 35.7 Å². The van der Waals surface area contributed by atoms with Gasteiger partial charge in [0.15, 0.2) is 17.7 Å². The van der Waals surface area contributed by atoms with Crippen LogP contribution in [0.3, 0.4) is 0 Å². The van der Waals surface area contributed by atoms with Crippen LogP contribution < -0.4 is 55.3 Å². The molecule has 8 atom stereocenters. The topological polar surface area (TPSA) is 405 Å². The summed E-state index contributed by atoms with van der Waals surface area (Å²) < 4.78 is 0. The second-order valence-corrected chi connectivity index (χ2v) is 19.3. The Kier molecular flexibility index (Phi) is 24.1. The lowest BCUT2D eigenvalue weighted by molar-refractivity contribution is -0.137. The van der Waals surface area contributed by atoms with Gasteiger partial charge < -0.3 is 65.3 Å². The normalized spacial score (nSPS) is 21.9. The van der Waals surface area contributed by atoms with Crippen LogP contribution in [0, 0.1) is 11.8 Å². The maximum atomic E-state index is 14.7. The minimum atomic E-state index is -1.75. The van der Waals surface area contributed by atoms with Crippen LogP contribution in [0.15, 0.2) is 64.7 Å². The number of nitrogens with one attached hydrogen (secondary N) is 6. The Morgan fingerprint density at radius 1 is 0.760 bits per heavy atom. The van der Waals surface area contributed by atoms with Crippen molar-refractivity contribution in [1.82, 2.24) is 31.6 Å². The van der Waals surface area contributed by atoms with Gasteiger partial charge in [-0.1, -0.05) is 54.4 Å². The summed E-state index contributed by atoms with van der Waals surface area (Å²) >= 11 is 6.57. The predicted octanol–water partition coefficient (Wildman–Crippen LogP) is 0.0978. The SMILES string of the molecule is CC(=O)N[C@@H](CCCN=C(N)N)C(=O)N[C@H]1CCC(=O)CCCC[C@@H](C(N)=O)NC(=O)[C@H](Cc2c[nH]c3ccccc23)CC(=O)[C@H](CCCN=C(N)N)CC(=O)[C@@H](Cc2ccccc2Cl)NC(=O)[C@H]([C@@H](C)O)NC1=O. The molecule has 23 nitrogen and oxygen atoms in total. The summed E-state index contributed by atoms with van der Waals surface area (Å²) in [4.78, 5) is 136. The summed E-state index contributed by atoms with van der Waals surface area (Å²) in [5, 5.41) is 25.1. The van der Waals surface area contributed by atoms with Crippen molar-refractivity contribution in [3.05, 3.63) is 70.9 Å². The molecule has 24 heteroatoms. The van der Waals surface area contributed by atoms with Crippen molar-refractivity contribution in [1.29, 1.82) is 0 Å². The van der Waals surface area contributed by atoms with Crippen molar-refractivity contribution in [2.45, 2.75) is 140 Å². The molecule has 0 bridgehead atoms. The van der Waals surface area contributed by atoms with Crippen LogP contribution in [0.2, 0.25) is 5.02 Å². The summed E-state index contributed by atoms with van der Waals surface area (Å²) in [6.07, 6.45) is -0.396. The fourth-order valence-corrected chi connectivity index (χ4v) is 9.04. The fourth-order valence-electron chi connectivity index (χ4n) is 8.83. The lowest BCUT2D eigenvalue weighted by Gasteiger charge is -2.28. The summed E-state index contributed by atoms with van der Waals surface area (Å²) in [6.45, 7) is 2.62. The lowest BCUT2D eigenvalue weighted by atomic mass is 9.83. The van der Waals surface area contributed by atoms with Crippen molar-refractivity contribution < 1.29 is 48.3 Å². The van der Waals surface area contributed by atoms with E-state index in [4.69, 9.17) is 40.3 Å². The Morgan fingerprint density at radius 3 is 2.09 bits per heavy atom. The van der Waals surface area contributed by atoms with Gasteiger partial charge in [-0.05, 0) is 81.5 Å². The van der Waals surface area contributed by atoms with E-state index in [-0.39, 0.29) is 119 Å². The van der Waals surface area contributed by atoms with Crippen molar-refractivity contribution in [3.63, 3.8) is 0 Å². The number of hydrogen-bond donors (Lipinski definition) is 12. The number of nitrogens with zero attached hydrogens (tertiary/aromatic N) is 2. The molecule has 1 aromatic heterocycles. The zero-order valence-electron chi connectivity index (χ0n) is 42.4. The number of carbonyl (C=O) groups is 9. The first-order valence-electron chi connectivity index (χ1n) is 25.1. The number of aliphatic hydroxyl groups excluding tert-OH is 1. The minimum absolute atomic E-state index is 0.0351. The van der Waals surface area contributed by atoms with Crippen LogP contribution in [-0.4, -0.2) is 124 Å². The molecule has 0 radical (unpaired) electrons. The maximum Gasteiger partial charge on any atom is 0.245 e. The molecule has 17 N–H and O–H groups in total. The van der Waals surface area contributed by atoms with Gasteiger partial charge in [-0.3, -0.25) is 53.1 Å². The Hall–Kier alpha value is -7.40. The average Bonchev–Trinajstić information content (AvgIpc) is 3.76. The van der Waals surface area contributed by atoms with E-state index in [1.807, 2.05) is 24.3 Å². The molecule has 0 aliphatic carbocycles. The predicted molar refractivity (Wildman–Crippen MR) is 282 cm³/mol. The standard InChI is InChI=1S/C51H72ClN13O10/c1-28(66)44-49(75)64-41(24-30-11-3-6-15-36(30)52)43(70)25-31(12-9-21-58-50(54)55)42(69)26-32(23-33-27-60-37-16-8-5-14-35(33)37)46(72)62-38(45(53)71)17-7-4-13-34(68)19-20-40(48(74)65-44)63-47(73)39(61-29(2)67)18-10-22-59-51(56)57/h3,5-6,8,11,14-16,27-28,31-32,38-41,44,60,66H,4,7,9-10,12-13,17-26H2,1-2H3,(H2,53,71)(H,61,67)(H,62,72)(H,63,73)(H,64,75)(H,65,74)(H4,54,55,58)(H4,56,57,59)/t28-,31-,32-,38+,39+,40+,41-,44+/m1/s1. The summed E-state index contributed by atoms with van der Waals surface area (Å²) in [5.41, 5.74) is 29.8. The molecule has 75 heavy (non-hydrogen) atoms. The Morgan fingerprint density at radius 2 is 1.43 bits per heavy atom. The second kappa shape index (κ2) is 30.1. The van der Waals surface area contributed by atoms with Gasteiger partial charge in [-0.15, -0.1) is 0 Å². The third-order valence-electron chi connectivity index (χ3n) is 12.9. The number of primary amides is 1. The Labute approximate surface area is 440 Å². The molecule has 408 valence electrons. The first kappa shape index (κ1) is 60.2. The number of nitrogens with two attached hydrogens (primary N) is 5. The number of halogens is 1. The van der Waals surface area contributed by atoms with Crippen LogP contribution in [0.4, 0.5) is 0 Å². The molecular formula is C51H72ClN13O10. The number of aliphatic imine (C=N–C) groups is 2. The lowest BCUT2D eigenvalue weighted by Crippen LogP contribution is -2.60. The van der Waals surface area contributed by atoms with E-state index in [0.29, 0.717) is 11.1 Å². The third kappa shape index (κ3) is 20.1. The van der Waals surface area contributed by atoms with Crippen LogP contribution in [0.25, 0.3) is 10.9 Å². The summed E-state index contributed by atoms with van der Waals surface area (Å²) in [7, 11) is 0. The highest BCUT2D eigenvalue weighted by Crippen LogP contribution is 2.27. The number of guanidine groups is 2. The van der Waals surface area contributed by atoms with Crippen molar-refractivity contribution >= 4 is 87.2 Å². The van der Waals surface area contributed by atoms with Crippen molar-refractivity contribution in [2.75, 3.05) is 13.1 Å². The molecule has 4 rings (SSSR count). The third-order valence-corrected chi connectivity index (χ3v) is 13.2. The maximum absolute atomic E-state index is 14.7. The summed E-state index contributed by atoms with van der Waals surface area (Å²) in [6, 6.07) is 6.87. The Balaban J connectivity index is 1.78. The number of hydrogen-bond acceptors (Lipinski definition) is 12. The molecule has 6 amide bonds. The number of carbonyl (C=O) groups excluding carboxylic acids is 9.